The van der Waals surface area contributed by atoms with Gasteiger partial charge in [-0.2, -0.15) is 5.10 Å². The zero-order valence-electron chi connectivity index (χ0n) is 10.4. The smallest absolute Gasteiger partial charge is 0.0821 e. The van der Waals surface area contributed by atoms with Gasteiger partial charge in [0.1, 0.15) is 0 Å². The SMILES string of the molecule is CC(N)C(C)c1c(Cl)cnn1CCN(C)C. The van der Waals surface area contributed by atoms with Crippen molar-refractivity contribution in [3.05, 3.63) is 16.9 Å². The maximum absolute atomic E-state index is 6.15. The fraction of sp³-hybridized carbons (Fsp3) is 0.727. The summed E-state index contributed by atoms with van der Waals surface area (Å²) in [7, 11) is 4.08. The molecule has 16 heavy (non-hydrogen) atoms. The first-order valence-corrected chi connectivity index (χ1v) is 5.92. The van der Waals surface area contributed by atoms with E-state index in [2.05, 4.69) is 16.9 Å². The third kappa shape index (κ3) is 3.20. The number of nitrogens with zero attached hydrogens (tertiary/aromatic N) is 3. The van der Waals surface area contributed by atoms with Gasteiger partial charge in [-0.1, -0.05) is 18.5 Å². The predicted molar refractivity (Wildman–Crippen MR) is 67.9 cm³/mol. The molecule has 4 nitrogen and oxygen atoms in total. The van der Waals surface area contributed by atoms with E-state index in [0.717, 1.165) is 18.8 Å². The lowest BCUT2D eigenvalue weighted by Crippen LogP contribution is -2.27. The number of halogens is 1. The fourth-order valence-corrected chi connectivity index (χ4v) is 1.86. The van der Waals surface area contributed by atoms with Crippen LogP contribution in [0.15, 0.2) is 6.20 Å². The highest BCUT2D eigenvalue weighted by molar-refractivity contribution is 6.31. The molecule has 2 N–H and O–H groups in total. The van der Waals surface area contributed by atoms with Gasteiger partial charge in [-0.05, 0) is 21.0 Å². The minimum Gasteiger partial charge on any atom is -0.327 e. The van der Waals surface area contributed by atoms with Gasteiger partial charge in [-0.15, -0.1) is 0 Å². The second-order valence-corrected chi connectivity index (χ2v) is 4.96. The van der Waals surface area contributed by atoms with Crippen molar-refractivity contribution in [2.75, 3.05) is 20.6 Å². The molecule has 2 atom stereocenters. The summed E-state index contributed by atoms with van der Waals surface area (Å²) in [4.78, 5) is 2.12. The molecule has 0 aliphatic heterocycles. The molecule has 0 aliphatic carbocycles. The minimum atomic E-state index is 0.0762. The number of hydrogen-bond donors (Lipinski definition) is 1. The Hall–Kier alpha value is -0.580. The standard InChI is InChI=1S/C11H21ClN4/c1-8(9(2)13)11-10(12)7-14-16(11)6-5-15(3)4/h7-9H,5-6,13H2,1-4H3. The van der Waals surface area contributed by atoms with Crippen LogP contribution >= 0.6 is 11.6 Å². The van der Waals surface area contributed by atoms with Crippen LogP contribution < -0.4 is 5.73 Å². The normalized spacial score (nSPS) is 15.4. The zero-order chi connectivity index (χ0) is 12.3. The van der Waals surface area contributed by atoms with Crippen LogP contribution in [0, 0.1) is 0 Å². The summed E-state index contributed by atoms with van der Waals surface area (Å²) in [5.74, 6) is 0.220. The first kappa shape index (κ1) is 13.5. The third-order valence-corrected chi connectivity index (χ3v) is 3.10. The van der Waals surface area contributed by atoms with Crippen molar-refractivity contribution in [2.24, 2.45) is 5.73 Å². The Bertz CT molecular complexity index is 333. The summed E-state index contributed by atoms with van der Waals surface area (Å²) in [6.07, 6.45) is 1.70. The molecule has 0 saturated carbocycles. The van der Waals surface area contributed by atoms with Gasteiger partial charge in [0, 0.05) is 18.5 Å². The Morgan fingerprint density at radius 3 is 2.62 bits per heavy atom. The van der Waals surface area contributed by atoms with Crippen LogP contribution in [-0.2, 0) is 6.54 Å². The number of likely N-dealkylation sites (N-methyl/N-ethyl adjacent to an activating group) is 1. The van der Waals surface area contributed by atoms with Gasteiger partial charge in [0.25, 0.3) is 0 Å². The second-order valence-electron chi connectivity index (χ2n) is 4.55. The largest absolute Gasteiger partial charge is 0.327 e. The molecule has 0 bridgehead atoms. The summed E-state index contributed by atoms with van der Waals surface area (Å²) in [5, 5.41) is 5.01. The molecule has 0 amide bonds. The third-order valence-electron chi connectivity index (χ3n) is 2.81. The lowest BCUT2D eigenvalue weighted by Gasteiger charge is -2.19. The number of hydrogen-bond acceptors (Lipinski definition) is 3. The van der Waals surface area contributed by atoms with Gasteiger partial charge in [0.2, 0.25) is 0 Å². The molecule has 0 radical (unpaired) electrons. The number of aromatic nitrogens is 2. The molecule has 1 aromatic heterocycles. The molecular formula is C11H21ClN4. The topological polar surface area (TPSA) is 47.1 Å². The highest BCUT2D eigenvalue weighted by Crippen LogP contribution is 2.25. The quantitative estimate of drug-likeness (QED) is 0.855. The van der Waals surface area contributed by atoms with Crippen molar-refractivity contribution >= 4 is 11.6 Å². The van der Waals surface area contributed by atoms with Gasteiger partial charge in [-0.25, -0.2) is 0 Å². The number of nitrogens with two attached hydrogens (primary N) is 1. The molecule has 2 unspecified atom stereocenters. The van der Waals surface area contributed by atoms with E-state index < -0.39 is 0 Å². The van der Waals surface area contributed by atoms with Gasteiger partial charge < -0.3 is 10.6 Å². The van der Waals surface area contributed by atoms with Crippen LogP contribution in [-0.4, -0.2) is 41.4 Å². The van der Waals surface area contributed by atoms with Crippen molar-refractivity contribution in [3.63, 3.8) is 0 Å². The van der Waals surface area contributed by atoms with E-state index in [1.165, 1.54) is 0 Å². The predicted octanol–water partition coefficient (Wildman–Crippen LogP) is 1.55. The lowest BCUT2D eigenvalue weighted by molar-refractivity contribution is 0.365. The highest BCUT2D eigenvalue weighted by atomic mass is 35.5. The molecule has 0 aliphatic rings. The molecule has 5 heteroatoms. The van der Waals surface area contributed by atoms with Gasteiger partial charge in [0.15, 0.2) is 0 Å². The number of rotatable bonds is 5. The van der Waals surface area contributed by atoms with Crippen molar-refractivity contribution < 1.29 is 0 Å². The Balaban J connectivity index is 2.85. The van der Waals surface area contributed by atoms with Crippen LogP contribution in [0.1, 0.15) is 25.5 Å². The van der Waals surface area contributed by atoms with Crippen LogP contribution in [0.4, 0.5) is 0 Å². The summed E-state index contributed by atoms with van der Waals surface area (Å²) >= 11 is 6.15. The molecule has 1 aromatic rings. The van der Waals surface area contributed by atoms with E-state index in [9.17, 15) is 0 Å². The van der Waals surface area contributed by atoms with E-state index in [1.54, 1.807) is 6.20 Å². The molecular weight excluding hydrogens is 224 g/mol. The Morgan fingerprint density at radius 2 is 2.12 bits per heavy atom. The summed E-state index contributed by atoms with van der Waals surface area (Å²) < 4.78 is 1.95. The summed E-state index contributed by atoms with van der Waals surface area (Å²) in [5.41, 5.74) is 6.95. The van der Waals surface area contributed by atoms with Gasteiger partial charge in [0.05, 0.1) is 23.5 Å². The maximum atomic E-state index is 6.15. The molecule has 1 rings (SSSR count). The lowest BCUT2D eigenvalue weighted by atomic mass is 10.0. The first-order valence-electron chi connectivity index (χ1n) is 5.55. The van der Waals surface area contributed by atoms with Crippen molar-refractivity contribution in [1.82, 2.24) is 14.7 Å². The van der Waals surface area contributed by atoms with Crippen molar-refractivity contribution in [3.8, 4) is 0 Å². The Kier molecular flexibility index (Phi) is 4.77. The van der Waals surface area contributed by atoms with E-state index in [1.807, 2.05) is 25.7 Å². The second kappa shape index (κ2) is 5.66. The van der Waals surface area contributed by atoms with Crippen molar-refractivity contribution in [2.45, 2.75) is 32.4 Å². The Morgan fingerprint density at radius 1 is 1.50 bits per heavy atom. The van der Waals surface area contributed by atoms with Crippen LogP contribution in [0.25, 0.3) is 0 Å². The van der Waals surface area contributed by atoms with E-state index in [0.29, 0.717) is 5.02 Å². The molecule has 1 heterocycles. The first-order chi connectivity index (χ1) is 7.43. The van der Waals surface area contributed by atoms with Crippen LogP contribution in [0.3, 0.4) is 0 Å². The van der Waals surface area contributed by atoms with E-state index >= 15 is 0 Å². The molecule has 92 valence electrons. The molecule has 0 aromatic carbocycles. The maximum Gasteiger partial charge on any atom is 0.0821 e. The van der Waals surface area contributed by atoms with E-state index in [4.69, 9.17) is 17.3 Å². The van der Waals surface area contributed by atoms with Gasteiger partial charge >= 0.3 is 0 Å². The zero-order valence-corrected chi connectivity index (χ0v) is 11.2. The average molecular weight is 245 g/mol. The summed E-state index contributed by atoms with van der Waals surface area (Å²) in [6.45, 7) is 5.85. The Labute approximate surface area is 102 Å². The monoisotopic (exact) mass is 244 g/mol. The fourth-order valence-electron chi connectivity index (χ4n) is 1.55. The highest BCUT2D eigenvalue weighted by Gasteiger charge is 2.19. The van der Waals surface area contributed by atoms with Crippen LogP contribution in [0.5, 0.6) is 0 Å². The molecule has 0 fully saturated rings. The van der Waals surface area contributed by atoms with E-state index in [-0.39, 0.29) is 12.0 Å². The molecule has 0 saturated heterocycles. The summed E-state index contributed by atoms with van der Waals surface area (Å²) in [6, 6.07) is 0.0762. The van der Waals surface area contributed by atoms with Crippen molar-refractivity contribution in [1.29, 1.82) is 0 Å². The van der Waals surface area contributed by atoms with Crippen LogP contribution in [0.2, 0.25) is 5.02 Å². The molecule has 0 spiro atoms. The minimum absolute atomic E-state index is 0.0762. The van der Waals surface area contributed by atoms with Gasteiger partial charge in [-0.3, -0.25) is 4.68 Å². The average Bonchev–Trinajstić information content (AvgIpc) is 2.55.